The molecule has 1 saturated heterocycles. The lowest BCUT2D eigenvalue weighted by Gasteiger charge is -2.46. The van der Waals surface area contributed by atoms with E-state index in [1.807, 2.05) is 19.9 Å². The Balaban J connectivity index is 1.69. The summed E-state index contributed by atoms with van der Waals surface area (Å²) in [5, 5.41) is 17.7. The van der Waals surface area contributed by atoms with Gasteiger partial charge in [0.15, 0.2) is 5.78 Å². The molecule has 1 amide bonds. The number of ether oxygens (including phenoxy) is 1. The lowest BCUT2D eigenvalue weighted by molar-refractivity contribution is -0.134. The number of morpholine rings is 1. The van der Waals surface area contributed by atoms with E-state index in [-0.39, 0.29) is 23.8 Å². The van der Waals surface area contributed by atoms with E-state index in [9.17, 15) is 14.9 Å². The third-order valence-electron chi connectivity index (χ3n) is 5.45. The highest BCUT2D eigenvalue weighted by Gasteiger charge is 2.48. The van der Waals surface area contributed by atoms with Crippen LogP contribution in [0.3, 0.4) is 0 Å². The molecule has 0 bridgehead atoms. The highest BCUT2D eigenvalue weighted by Crippen LogP contribution is 2.41. The van der Waals surface area contributed by atoms with Crippen LogP contribution >= 0.6 is 15.9 Å². The topological polar surface area (TPSA) is 101 Å². The number of hydrogen-bond donors (Lipinski definition) is 0. The number of carbonyl (C=O) groups excluding carboxylic acids is 2. The summed E-state index contributed by atoms with van der Waals surface area (Å²) in [4.78, 5) is 29.1. The van der Waals surface area contributed by atoms with E-state index in [1.165, 1.54) is 4.80 Å². The molecule has 30 heavy (non-hydrogen) atoms. The summed E-state index contributed by atoms with van der Waals surface area (Å²) < 4.78 is 6.85. The summed E-state index contributed by atoms with van der Waals surface area (Å²) in [6, 6.07) is 7.32. The summed E-state index contributed by atoms with van der Waals surface area (Å²) >= 11 is 3.43. The SMILES string of the molecule is CC1(C)CC2(C=C(C#N)C1=O)CN(C(=O)c1ccc(Br)cc1-n1nccn1)CCO2. The maximum absolute atomic E-state index is 13.5. The molecule has 0 N–H and O–H groups in total. The van der Waals surface area contributed by atoms with Gasteiger partial charge in [-0.2, -0.15) is 20.3 Å². The van der Waals surface area contributed by atoms with Gasteiger partial charge >= 0.3 is 0 Å². The number of aromatic nitrogens is 3. The first-order chi connectivity index (χ1) is 14.2. The van der Waals surface area contributed by atoms with Crippen molar-refractivity contribution in [2.75, 3.05) is 19.7 Å². The van der Waals surface area contributed by atoms with Gasteiger partial charge in [0.1, 0.15) is 11.7 Å². The van der Waals surface area contributed by atoms with Crippen molar-refractivity contribution in [2.45, 2.75) is 25.9 Å². The van der Waals surface area contributed by atoms with Crippen LogP contribution in [-0.4, -0.2) is 56.9 Å². The van der Waals surface area contributed by atoms with Gasteiger partial charge in [0.2, 0.25) is 0 Å². The molecule has 154 valence electrons. The van der Waals surface area contributed by atoms with Gasteiger partial charge < -0.3 is 9.64 Å². The molecule has 2 aliphatic rings. The van der Waals surface area contributed by atoms with Crippen LogP contribution in [0.4, 0.5) is 0 Å². The smallest absolute Gasteiger partial charge is 0.256 e. The van der Waals surface area contributed by atoms with E-state index >= 15 is 0 Å². The normalized spacial score (nSPS) is 23.2. The fourth-order valence-electron chi connectivity index (χ4n) is 4.19. The Labute approximate surface area is 182 Å². The summed E-state index contributed by atoms with van der Waals surface area (Å²) in [5.41, 5.74) is -0.497. The van der Waals surface area contributed by atoms with Crippen LogP contribution in [0, 0.1) is 16.7 Å². The molecule has 9 heteroatoms. The number of benzene rings is 1. The zero-order valence-corrected chi connectivity index (χ0v) is 18.2. The molecular formula is C21H20BrN5O3. The van der Waals surface area contributed by atoms with Crippen molar-refractivity contribution in [1.29, 1.82) is 5.26 Å². The number of allylic oxidation sites excluding steroid dienone is 1. The van der Waals surface area contributed by atoms with Gasteiger partial charge in [-0.05, 0) is 30.7 Å². The first-order valence-corrected chi connectivity index (χ1v) is 10.3. The molecule has 1 aliphatic carbocycles. The first kappa shape index (κ1) is 20.4. The summed E-state index contributed by atoms with van der Waals surface area (Å²) in [5.74, 6) is -0.373. The molecule has 1 aromatic carbocycles. The molecule has 1 unspecified atom stereocenters. The van der Waals surface area contributed by atoms with E-state index in [0.29, 0.717) is 30.8 Å². The van der Waals surface area contributed by atoms with E-state index in [2.05, 4.69) is 26.1 Å². The minimum atomic E-state index is -0.865. The molecule has 2 aromatic rings. The fraction of sp³-hybridized carbons (Fsp3) is 0.381. The van der Waals surface area contributed by atoms with Crippen molar-refractivity contribution < 1.29 is 14.3 Å². The van der Waals surface area contributed by atoms with Crippen molar-refractivity contribution in [3.63, 3.8) is 0 Å². The average Bonchev–Trinajstić information content (AvgIpc) is 3.25. The summed E-state index contributed by atoms with van der Waals surface area (Å²) in [7, 11) is 0. The zero-order valence-electron chi connectivity index (χ0n) is 16.6. The second-order valence-electron chi connectivity index (χ2n) is 8.18. The summed E-state index contributed by atoms with van der Waals surface area (Å²) in [6.07, 6.45) is 5.10. The van der Waals surface area contributed by atoms with Crippen LogP contribution in [0.1, 0.15) is 30.6 Å². The van der Waals surface area contributed by atoms with Crippen molar-refractivity contribution in [2.24, 2.45) is 5.41 Å². The quantitative estimate of drug-likeness (QED) is 0.669. The van der Waals surface area contributed by atoms with Crippen LogP contribution in [0.2, 0.25) is 0 Å². The second-order valence-corrected chi connectivity index (χ2v) is 9.10. The molecule has 8 nitrogen and oxygen atoms in total. The standard InChI is InChI=1S/C21H20BrN5O3/c1-20(2)12-21(10-14(11-23)18(20)28)13-26(7-8-30-21)19(29)16-4-3-15(22)9-17(16)27-24-5-6-25-27/h3-6,9-10H,7-8,12-13H2,1-2H3. The van der Waals surface area contributed by atoms with Gasteiger partial charge in [-0.3, -0.25) is 9.59 Å². The minimum absolute atomic E-state index is 0.0885. The number of nitriles is 1. The van der Waals surface area contributed by atoms with E-state index in [4.69, 9.17) is 4.74 Å². The Hall–Kier alpha value is -2.83. The molecule has 2 heterocycles. The Morgan fingerprint density at radius 2 is 2.03 bits per heavy atom. The van der Waals surface area contributed by atoms with Crippen molar-refractivity contribution in [1.82, 2.24) is 19.9 Å². The van der Waals surface area contributed by atoms with Gasteiger partial charge in [-0.15, -0.1) is 0 Å². The molecule has 1 fully saturated rings. The Bertz CT molecular complexity index is 1090. The van der Waals surface area contributed by atoms with Gasteiger partial charge in [-0.1, -0.05) is 29.8 Å². The average molecular weight is 470 g/mol. The van der Waals surface area contributed by atoms with E-state index < -0.39 is 11.0 Å². The molecule has 1 atom stereocenters. The second kappa shape index (κ2) is 7.45. The Morgan fingerprint density at radius 1 is 1.30 bits per heavy atom. The minimum Gasteiger partial charge on any atom is -0.367 e. The third kappa shape index (κ3) is 3.57. The number of amides is 1. The van der Waals surface area contributed by atoms with Crippen LogP contribution in [-0.2, 0) is 9.53 Å². The lowest BCUT2D eigenvalue weighted by atomic mass is 9.69. The number of carbonyl (C=O) groups is 2. The molecular weight excluding hydrogens is 450 g/mol. The first-order valence-electron chi connectivity index (χ1n) is 9.52. The third-order valence-corrected chi connectivity index (χ3v) is 5.94. The van der Waals surface area contributed by atoms with Crippen LogP contribution < -0.4 is 0 Å². The molecule has 1 aromatic heterocycles. The van der Waals surface area contributed by atoms with Crippen molar-refractivity contribution in [3.8, 4) is 11.8 Å². The van der Waals surface area contributed by atoms with Gasteiger partial charge in [0.25, 0.3) is 5.91 Å². The highest BCUT2D eigenvalue weighted by molar-refractivity contribution is 9.10. The van der Waals surface area contributed by atoms with Crippen LogP contribution in [0.25, 0.3) is 5.69 Å². The number of Topliss-reactive ketones (excluding diaryl/α,β-unsaturated/α-hetero) is 1. The van der Waals surface area contributed by atoms with Crippen molar-refractivity contribution in [3.05, 3.63) is 52.3 Å². The van der Waals surface area contributed by atoms with Gasteiger partial charge in [0.05, 0.1) is 42.4 Å². The number of rotatable bonds is 2. The number of ketones is 1. The molecule has 1 aliphatic heterocycles. The maximum atomic E-state index is 13.5. The number of halogens is 1. The molecule has 0 radical (unpaired) electrons. The van der Waals surface area contributed by atoms with Crippen LogP contribution in [0.5, 0.6) is 0 Å². The van der Waals surface area contributed by atoms with Gasteiger partial charge in [0, 0.05) is 16.4 Å². The van der Waals surface area contributed by atoms with Gasteiger partial charge in [-0.25, -0.2) is 0 Å². The summed E-state index contributed by atoms with van der Waals surface area (Å²) in [6.45, 7) is 4.60. The number of nitrogens with zero attached hydrogens (tertiary/aromatic N) is 5. The zero-order chi connectivity index (χ0) is 21.5. The fourth-order valence-corrected chi connectivity index (χ4v) is 4.54. The van der Waals surface area contributed by atoms with E-state index in [0.717, 1.165) is 4.47 Å². The molecule has 4 rings (SSSR count). The predicted octanol–water partition coefficient (Wildman–Crippen LogP) is 2.69. The predicted molar refractivity (Wildman–Crippen MR) is 111 cm³/mol. The van der Waals surface area contributed by atoms with Crippen LogP contribution in [0.15, 0.2) is 46.7 Å². The lowest BCUT2D eigenvalue weighted by Crippen LogP contribution is -2.57. The van der Waals surface area contributed by atoms with Crippen molar-refractivity contribution >= 4 is 27.6 Å². The number of hydrogen-bond acceptors (Lipinski definition) is 6. The maximum Gasteiger partial charge on any atom is 0.256 e. The molecule has 0 saturated carbocycles. The highest BCUT2D eigenvalue weighted by atomic mass is 79.9. The molecule has 1 spiro atoms. The largest absolute Gasteiger partial charge is 0.367 e. The van der Waals surface area contributed by atoms with E-state index in [1.54, 1.807) is 41.6 Å². The monoisotopic (exact) mass is 469 g/mol. The Morgan fingerprint density at radius 3 is 2.73 bits per heavy atom. The Kier molecular flexibility index (Phi) is 5.08.